The molecule has 30 heavy (non-hydrogen) atoms. The summed E-state index contributed by atoms with van der Waals surface area (Å²) in [5, 5.41) is 11.0. The van der Waals surface area contributed by atoms with Gasteiger partial charge in [0.05, 0.1) is 24.7 Å². The van der Waals surface area contributed by atoms with Gasteiger partial charge in [-0.25, -0.2) is 0 Å². The smallest absolute Gasteiger partial charge is 0.317 e. The van der Waals surface area contributed by atoms with E-state index in [0.717, 1.165) is 18.8 Å². The SMILES string of the molecule is CCOC(=O)[C@H]1C(=O)C[C@@](C)(O)[C@H](C(=O)OCC)[C@@H]1c1ccc(N(CC)CC)cc1. The molecule has 1 N–H and O–H groups in total. The second-order valence-corrected chi connectivity index (χ2v) is 7.75. The molecule has 166 valence electrons. The van der Waals surface area contributed by atoms with Crippen molar-refractivity contribution in [3.8, 4) is 0 Å². The minimum absolute atomic E-state index is 0.122. The number of ether oxygens (including phenoxy) is 2. The number of carbonyl (C=O) groups is 3. The van der Waals surface area contributed by atoms with Crippen LogP contribution in [0, 0.1) is 11.8 Å². The molecule has 0 radical (unpaired) electrons. The summed E-state index contributed by atoms with van der Waals surface area (Å²) in [6.45, 7) is 10.8. The lowest BCUT2D eigenvalue weighted by molar-refractivity contribution is -0.172. The Bertz CT molecular complexity index is 753. The first-order valence-corrected chi connectivity index (χ1v) is 10.6. The Labute approximate surface area is 178 Å². The van der Waals surface area contributed by atoms with E-state index in [1.165, 1.54) is 6.92 Å². The highest BCUT2D eigenvalue weighted by Crippen LogP contribution is 2.47. The predicted molar refractivity (Wildman–Crippen MR) is 113 cm³/mol. The quantitative estimate of drug-likeness (QED) is 0.511. The lowest BCUT2D eigenvalue weighted by Crippen LogP contribution is -2.55. The Kier molecular flexibility index (Phi) is 8.01. The number of nitrogens with zero attached hydrogens (tertiary/aromatic N) is 1. The Hall–Kier alpha value is -2.41. The van der Waals surface area contributed by atoms with Gasteiger partial charge in [0.15, 0.2) is 5.78 Å². The van der Waals surface area contributed by atoms with Gasteiger partial charge in [-0.05, 0) is 52.3 Å². The molecule has 1 fully saturated rings. The van der Waals surface area contributed by atoms with E-state index in [-0.39, 0.29) is 19.6 Å². The number of carbonyl (C=O) groups excluding carboxylic acids is 3. The molecule has 0 unspecified atom stereocenters. The van der Waals surface area contributed by atoms with Gasteiger partial charge >= 0.3 is 11.9 Å². The first-order valence-electron chi connectivity index (χ1n) is 10.6. The zero-order valence-corrected chi connectivity index (χ0v) is 18.5. The number of hydrogen-bond donors (Lipinski definition) is 1. The third-order valence-corrected chi connectivity index (χ3v) is 5.75. The first kappa shape index (κ1) is 23.9. The van der Waals surface area contributed by atoms with Gasteiger partial charge in [-0.3, -0.25) is 14.4 Å². The summed E-state index contributed by atoms with van der Waals surface area (Å²) in [4.78, 5) is 40.6. The Morgan fingerprint density at radius 1 is 1.03 bits per heavy atom. The van der Waals surface area contributed by atoms with Gasteiger partial charge in [-0.1, -0.05) is 12.1 Å². The molecule has 0 bridgehead atoms. The molecule has 0 aromatic heterocycles. The highest BCUT2D eigenvalue weighted by atomic mass is 16.5. The molecule has 0 heterocycles. The van der Waals surface area contributed by atoms with Crippen molar-refractivity contribution >= 4 is 23.4 Å². The average molecular weight is 420 g/mol. The normalized spacial score (nSPS) is 26.2. The fourth-order valence-corrected chi connectivity index (χ4v) is 4.38. The third-order valence-electron chi connectivity index (χ3n) is 5.75. The second kappa shape index (κ2) is 10.1. The van der Waals surface area contributed by atoms with Crippen LogP contribution < -0.4 is 4.90 Å². The first-order chi connectivity index (χ1) is 14.2. The van der Waals surface area contributed by atoms with Gasteiger partial charge in [-0.15, -0.1) is 0 Å². The molecule has 1 aromatic rings. The van der Waals surface area contributed by atoms with Crippen molar-refractivity contribution in [2.45, 2.75) is 52.6 Å². The van der Waals surface area contributed by atoms with Gasteiger partial charge < -0.3 is 19.5 Å². The molecule has 1 aromatic carbocycles. The Balaban J connectivity index is 2.57. The predicted octanol–water partition coefficient (Wildman–Crippen LogP) is 2.70. The van der Waals surface area contributed by atoms with Crippen LogP contribution in [0.4, 0.5) is 5.69 Å². The van der Waals surface area contributed by atoms with Crippen molar-refractivity contribution in [3.05, 3.63) is 29.8 Å². The van der Waals surface area contributed by atoms with E-state index in [1.54, 1.807) is 13.8 Å². The fourth-order valence-electron chi connectivity index (χ4n) is 4.38. The monoisotopic (exact) mass is 419 g/mol. The lowest BCUT2D eigenvalue weighted by atomic mass is 9.61. The molecule has 7 heteroatoms. The number of ketones is 1. The van der Waals surface area contributed by atoms with E-state index in [4.69, 9.17) is 9.47 Å². The van der Waals surface area contributed by atoms with Crippen LogP contribution in [0.5, 0.6) is 0 Å². The summed E-state index contributed by atoms with van der Waals surface area (Å²) in [6.07, 6.45) is -0.312. The number of anilines is 1. The van der Waals surface area contributed by atoms with Crippen molar-refractivity contribution < 1.29 is 29.0 Å². The summed E-state index contributed by atoms with van der Waals surface area (Å²) in [5.74, 6) is -4.84. The number of benzene rings is 1. The maximum Gasteiger partial charge on any atom is 0.317 e. The topological polar surface area (TPSA) is 93.1 Å². The van der Waals surface area contributed by atoms with Gasteiger partial charge in [0.1, 0.15) is 5.92 Å². The van der Waals surface area contributed by atoms with Crippen molar-refractivity contribution in [2.24, 2.45) is 11.8 Å². The van der Waals surface area contributed by atoms with Crippen LogP contribution in [0.15, 0.2) is 24.3 Å². The molecule has 1 aliphatic carbocycles. The Morgan fingerprint density at radius 3 is 2.07 bits per heavy atom. The molecule has 2 rings (SSSR count). The number of esters is 2. The van der Waals surface area contributed by atoms with Gasteiger partial charge in [0.2, 0.25) is 0 Å². The number of aliphatic hydroxyl groups is 1. The van der Waals surface area contributed by atoms with Crippen LogP contribution in [-0.2, 0) is 23.9 Å². The largest absolute Gasteiger partial charge is 0.466 e. The standard InChI is InChI=1S/C23H33NO6/c1-6-24(7-2)16-12-10-15(11-13-16)18-19(21(26)29-8-3)17(25)14-23(5,28)20(18)22(27)30-9-4/h10-13,18-20,28H,6-9,14H2,1-5H3/t18-,19+,20+,23-/m1/s1. The van der Waals surface area contributed by atoms with Crippen molar-refractivity contribution in [1.29, 1.82) is 0 Å². The minimum Gasteiger partial charge on any atom is -0.466 e. The van der Waals surface area contributed by atoms with Crippen molar-refractivity contribution in [2.75, 3.05) is 31.2 Å². The number of rotatable bonds is 8. The molecule has 1 aliphatic rings. The van der Waals surface area contributed by atoms with E-state index in [2.05, 4.69) is 18.7 Å². The zero-order valence-electron chi connectivity index (χ0n) is 18.5. The van der Waals surface area contributed by atoms with E-state index in [1.807, 2.05) is 24.3 Å². The van der Waals surface area contributed by atoms with Crippen molar-refractivity contribution in [3.63, 3.8) is 0 Å². The van der Waals surface area contributed by atoms with Crippen LogP contribution in [0.3, 0.4) is 0 Å². The van der Waals surface area contributed by atoms with Gasteiger partial charge in [-0.2, -0.15) is 0 Å². The van der Waals surface area contributed by atoms with E-state index in [0.29, 0.717) is 5.56 Å². The minimum atomic E-state index is -1.63. The van der Waals surface area contributed by atoms with Gasteiger partial charge in [0.25, 0.3) is 0 Å². The van der Waals surface area contributed by atoms with Crippen molar-refractivity contribution in [1.82, 2.24) is 0 Å². The highest BCUT2D eigenvalue weighted by Gasteiger charge is 2.57. The van der Waals surface area contributed by atoms with E-state index in [9.17, 15) is 19.5 Å². The highest BCUT2D eigenvalue weighted by molar-refractivity contribution is 6.02. The lowest BCUT2D eigenvalue weighted by Gasteiger charge is -2.43. The summed E-state index contributed by atoms with van der Waals surface area (Å²) in [6, 6.07) is 7.43. The van der Waals surface area contributed by atoms with Crippen LogP contribution in [0.1, 0.15) is 52.5 Å². The van der Waals surface area contributed by atoms with Crippen LogP contribution in [0.2, 0.25) is 0 Å². The number of hydrogen-bond acceptors (Lipinski definition) is 7. The molecule has 0 spiro atoms. The molecule has 0 aliphatic heterocycles. The molecule has 0 amide bonds. The summed E-state index contributed by atoms with van der Waals surface area (Å²) < 4.78 is 10.4. The summed E-state index contributed by atoms with van der Waals surface area (Å²) in [7, 11) is 0. The van der Waals surface area contributed by atoms with Crippen LogP contribution >= 0.6 is 0 Å². The van der Waals surface area contributed by atoms with E-state index < -0.39 is 41.1 Å². The van der Waals surface area contributed by atoms with E-state index >= 15 is 0 Å². The summed E-state index contributed by atoms with van der Waals surface area (Å²) in [5.41, 5.74) is -0.0116. The Morgan fingerprint density at radius 2 is 1.57 bits per heavy atom. The second-order valence-electron chi connectivity index (χ2n) is 7.75. The maximum atomic E-state index is 12.9. The molecule has 0 saturated heterocycles. The molecular weight excluding hydrogens is 386 g/mol. The molecule has 1 saturated carbocycles. The van der Waals surface area contributed by atoms with Gasteiger partial charge in [0, 0.05) is 31.1 Å². The fraction of sp³-hybridized carbons (Fsp3) is 0.609. The molecule has 4 atom stereocenters. The molecule has 7 nitrogen and oxygen atoms in total. The zero-order chi connectivity index (χ0) is 22.5. The third kappa shape index (κ3) is 4.83. The summed E-state index contributed by atoms with van der Waals surface area (Å²) >= 11 is 0. The molecular formula is C23H33NO6. The van der Waals surface area contributed by atoms with Crippen LogP contribution in [-0.4, -0.2) is 54.7 Å². The average Bonchev–Trinajstić information content (AvgIpc) is 2.68. The number of Topliss-reactive ketones (excluding diaryl/α,β-unsaturated/α-hetero) is 1. The maximum absolute atomic E-state index is 12.9. The van der Waals surface area contributed by atoms with Crippen LogP contribution in [0.25, 0.3) is 0 Å².